The maximum Gasteiger partial charge on any atom is 0.198 e. The van der Waals surface area contributed by atoms with Gasteiger partial charge in [0.2, 0.25) is 0 Å². The third-order valence-electron chi connectivity index (χ3n) is 6.08. The summed E-state index contributed by atoms with van der Waals surface area (Å²) in [6, 6.07) is 9.83. The Hall–Kier alpha value is -1.77. The van der Waals surface area contributed by atoms with Crippen LogP contribution in [0.25, 0.3) is 0 Å². The second-order valence-electron chi connectivity index (χ2n) is 8.11. The van der Waals surface area contributed by atoms with Crippen LogP contribution in [0.5, 0.6) is 5.75 Å². The van der Waals surface area contributed by atoms with E-state index in [9.17, 15) is 19.0 Å². The minimum atomic E-state index is -1.64. The molecule has 5 nitrogen and oxygen atoms in total. The van der Waals surface area contributed by atoms with Crippen LogP contribution in [-0.2, 0) is 21.7 Å². The molecule has 0 radical (unpaired) electrons. The molecule has 4 rings (SSSR count). The van der Waals surface area contributed by atoms with E-state index in [4.69, 9.17) is 25.8 Å². The third kappa shape index (κ3) is 3.83. The van der Waals surface area contributed by atoms with Crippen molar-refractivity contribution in [3.63, 3.8) is 0 Å². The second kappa shape index (κ2) is 8.30. The normalized spacial score (nSPS) is 30.9. The van der Waals surface area contributed by atoms with Crippen molar-refractivity contribution in [2.75, 3.05) is 13.2 Å². The molecule has 2 N–H and O–H groups in total. The number of aliphatic hydroxyl groups is 2. The van der Waals surface area contributed by atoms with E-state index in [-0.39, 0.29) is 18.8 Å². The Balaban J connectivity index is 1.65. The van der Waals surface area contributed by atoms with Gasteiger partial charge in [0.15, 0.2) is 23.0 Å². The van der Waals surface area contributed by atoms with Crippen LogP contribution in [0.4, 0.5) is 8.78 Å². The number of aliphatic hydroxyl groups excluding tert-OH is 2. The highest BCUT2D eigenvalue weighted by Crippen LogP contribution is 2.51. The van der Waals surface area contributed by atoms with Gasteiger partial charge in [-0.3, -0.25) is 0 Å². The third-order valence-corrected chi connectivity index (χ3v) is 6.45. The van der Waals surface area contributed by atoms with Crippen LogP contribution in [0.1, 0.15) is 37.0 Å². The van der Waals surface area contributed by atoms with Crippen molar-refractivity contribution < 1.29 is 33.2 Å². The molecular weight excluding hydrogens is 430 g/mol. The summed E-state index contributed by atoms with van der Waals surface area (Å²) in [5.74, 6) is -1.68. The topological polar surface area (TPSA) is 68.2 Å². The van der Waals surface area contributed by atoms with Crippen LogP contribution in [0.3, 0.4) is 0 Å². The maximum absolute atomic E-state index is 14.4. The van der Waals surface area contributed by atoms with E-state index in [2.05, 4.69) is 0 Å². The summed E-state index contributed by atoms with van der Waals surface area (Å²) < 4.78 is 45.7. The van der Waals surface area contributed by atoms with Gasteiger partial charge in [-0.2, -0.15) is 0 Å². The van der Waals surface area contributed by atoms with Crippen LogP contribution >= 0.6 is 11.6 Å². The molecular formula is C23H25ClF2O5. The number of alkyl halides is 1. The highest BCUT2D eigenvalue weighted by molar-refractivity contribution is 6.31. The Bertz CT molecular complexity index is 971. The number of hydrogen-bond acceptors (Lipinski definition) is 5. The molecule has 0 amide bonds. The van der Waals surface area contributed by atoms with Crippen molar-refractivity contribution in [1.29, 1.82) is 0 Å². The summed E-state index contributed by atoms with van der Waals surface area (Å²) in [6.07, 6.45) is -3.89. The van der Waals surface area contributed by atoms with E-state index in [0.717, 1.165) is 0 Å². The lowest BCUT2D eigenvalue weighted by Crippen LogP contribution is -2.61. The Morgan fingerprint density at radius 2 is 2.03 bits per heavy atom. The zero-order valence-electron chi connectivity index (χ0n) is 17.3. The monoisotopic (exact) mass is 454 g/mol. The Labute approximate surface area is 184 Å². The lowest BCUT2D eigenvalue weighted by Gasteiger charge is -2.44. The van der Waals surface area contributed by atoms with Crippen LogP contribution < -0.4 is 4.74 Å². The molecule has 0 aromatic heterocycles. The van der Waals surface area contributed by atoms with Gasteiger partial charge in [0.05, 0.1) is 19.3 Å². The van der Waals surface area contributed by atoms with Crippen molar-refractivity contribution in [3.05, 3.63) is 63.9 Å². The van der Waals surface area contributed by atoms with Gasteiger partial charge in [0.25, 0.3) is 0 Å². The number of fused-ring (bicyclic) bond motifs is 2. The number of rotatable bonds is 6. The number of benzene rings is 2. The summed E-state index contributed by atoms with van der Waals surface area (Å²) >= 11 is 6.39. The fourth-order valence-corrected chi connectivity index (χ4v) is 4.52. The molecule has 0 spiro atoms. The zero-order valence-corrected chi connectivity index (χ0v) is 18.0. The molecule has 2 aliphatic heterocycles. The quantitative estimate of drug-likeness (QED) is 0.693. The first-order valence-corrected chi connectivity index (χ1v) is 10.6. The molecule has 2 fully saturated rings. The standard InChI is InChI=1S/C23H25ClF2O5/c1-3-29-20-7-4-14(9-18(20)26)8-15-10-16(5-6-17(15)24)23-11-19(27)21(28)22(31-23,12-30-23)13(2)25/h4-7,9-10,13,19,21,27-28H,3,8,11-12H2,1-2H3/t13?,19-,21+,22-,23-/m1/s1. The highest BCUT2D eigenvalue weighted by atomic mass is 35.5. The smallest absolute Gasteiger partial charge is 0.198 e. The maximum atomic E-state index is 14.4. The van der Waals surface area contributed by atoms with Crippen molar-refractivity contribution in [3.8, 4) is 5.75 Å². The predicted molar refractivity (Wildman–Crippen MR) is 110 cm³/mol. The fraction of sp³-hybridized carbons (Fsp3) is 0.478. The molecule has 2 aromatic rings. The summed E-state index contributed by atoms with van der Waals surface area (Å²) in [4.78, 5) is 0. The first-order valence-electron chi connectivity index (χ1n) is 10.3. The molecule has 0 saturated carbocycles. The lowest BCUT2D eigenvalue weighted by atomic mass is 9.83. The number of hydrogen-bond donors (Lipinski definition) is 2. The average Bonchev–Trinajstić information content (AvgIpc) is 3.08. The molecule has 2 bridgehead atoms. The molecule has 168 valence electrons. The minimum absolute atomic E-state index is 0.0542. The molecule has 1 unspecified atom stereocenters. The van der Waals surface area contributed by atoms with Crippen molar-refractivity contribution in [2.24, 2.45) is 0 Å². The lowest BCUT2D eigenvalue weighted by molar-refractivity contribution is -0.286. The van der Waals surface area contributed by atoms with E-state index in [1.54, 1.807) is 37.3 Å². The molecule has 31 heavy (non-hydrogen) atoms. The van der Waals surface area contributed by atoms with Gasteiger partial charge in [-0.1, -0.05) is 23.7 Å². The van der Waals surface area contributed by atoms with Gasteiger partial charge in [-0.15, -0.1) is 0 Å². The minimum Gasteiger partial charge on any atom is -0.491 e. The van der Waals surface area contributed by atoms with Crippen LogP contribution in [0, 0.1) is 5.82 Å². The van der Waals surface area contributed by atoms with E-state index >= 15 is 0 Å². The Morgan fingerprint density at radius 1 is 1.26 bits per heavy atom. The average molecular weight is 455 g/mol. The molecule has 0 aliphatic carbocycles. The van der Waals surface area contributed by atoms with Gasteiger partial charge in [-0.05, 0) is 55.7 Å². The Kier molecular flexibility index (Phi) is 6.00. The molecule has 8 heteroatoms. The largest absolute Gasteiger partial charge is 0.491 e. The van der Waals surface area contributed by atoms with Gasteiger partial charge in [0, 0.05) is 17.0 Å². The molecule has 2 heterocycles. The van der Waals surface area contributed by atoms with Crippen LogP contribution in [-0.4, -0.2) is 47.4 Å². The Morgan fingerprint density at radius 3 is 2.71 bits per heavy atom. The van der Waals surface area contributed by atoms with Gasteiger partial charge in [-0.25, -0.2) is 8.78 Å². The van der Waals surface area contributed by atoms with Crippen molar-refractivity contribution in [1.82, 2.24) is 0 Å². The summed E-state index contributed by atoms with van der Waals surface area (Å²) in [6.45, 7) is 3.23. The van der Waals surface area contributed by atoms with Crippen LogP contribution in [0.15, 0.2) is 36.4 Å². The van der Waals surface area contributed by atoms with Crippen molar-refractivity contribution >= 4 is 11.6 Å². The van der Waals surface area contributed by atoms with Crippen LogP contribution in [0.2, 0.25) is 5.02 Å². The zero-order chi connectivity index (χ0) is 22.4. The van der Waals surface area contributed by atoms with Gasteiger partial charge >= 0.3 is 0 Å². The summed E-state index contributed by atoms with van der Waals surface area (Å²) in [5, 5.41) is 21.2. The fourth-order valence-electron chi connectivity index (χ4n) is 4.34. The summed E-state index contributed by atoms with van der Waals surface area (Å²) in [7, 11) is 0. The number of ether oxygens (including phenoxy) is 3. The first kappa shape index (κ1) is 22.4. The summed E-state index contributed by atoms with van der Waals surface area (Å²) in [5.41, 5.74) is 0.287. The molecule has 2 aliphatic rings. The SMILES string of the molecule is CCOc1ccc(Cc2cc([C@]34C[C@@H](O)[C@H](O)[C@](C(C)F)(CO3)O4)ccc2Cl)cc1F. The van der Waals surface area contributed by atoms with Gasteiger partial charge < -0.3 is 24.4 Å². The number of halogens is 3. The highest BCUT2D eigenvalue weighted by Gasteiger charge is 2.64. The second-order valence-corrected chi connectivity index (χ2v) is 8.52. The first-order chi connectivity index (χ1) is 14.7. The predicted octanol–water partition coefficient (Wildman–Crippen LogP) is 3.89. The molecule has 2 saturated heterocycles. The molecule has 2 aromatic carbocycles. The van der Waals surface area contributed by atoms with E-state index in [1.807, 2.05) is 0 Å². The van der Waals surface area contributed by atoms with Crippen molar-refractivity contribution in [2.45, 2.75) is 56.5 Å². The molecule has 5 atom stereocenters. The van der Waals surface area contributed by atoms with E-state index in [0.29, 0.717) is 34.7 Å². The van der Waals surface area contributed by atoms with E-state index < -0.39 is 35.6 Å². The van der Waals surface area contributed by atoms with E-state index in [1.165, 1.54) is 13.0 Å². The van der Waals surface area contributed by atoms with Gasteiger partial charge in [0.1, 0.15) is 12.3 Å².